The molecule has 2 aliphatic rings. The molecule has 0 radical (unpaired) electrons. The number of methoxy groups -OCH3 is 2. The number of urea groups is 1. The predicted molar refractivity (Wildman–Crippen MR) is 115 cm³/mol. The number of carbonyl (C=O) groups is 2. The highest BCUT2D eigenvalue weighted by Crippen LogP contribution is 2.40. The zero-order valence-electron chi connectivity index (χ0n) is 17.7. The average Bonchev–Trinajstić information content (AvgIpc) is 2.76. The molecule has 7 nitrogen and oxygen atoms in total. The molecule has 1 saturated carbocycles. The summed E-state index contributed by atoms with van der Waals surface area (Å²) in [7, 11) is 3.01. The second kappa shape index (κ2) is 10.2. The largest absolute Gasteiger partial charge is 0.493 e. The molecular weight excluding hydrogens is 408 g/mol. The van der Waals surface area contributed by atoms with Crippen LogP contribution in [-0.2, 0) is 9.53 Å². The number of amides is 2. The van der Waals surface area contributed by atoms with Gasteiger partial charge in [-0.25, -0.2) is 9.79 Å². The Morgan fingerprint density at radius 2 is 1.93 bits per heavy atom. The van der Waals surface area contributed by atoms with Crippen molar-refractivity contribution in [3.63, 3.8) is 0 Å². The third-order valence-electron chi connectivity index (χ3n) is 5.83. The number of hydrogen-bond donors (Lipinski definition) is 1. The van der Waals surface area contributed by atoms with Crippen LogP contribution in [0.3, 0.4) is 0 Å². The van der Waals surface area contributed by atoms with E-state index in [2.05, 4.69) is 10.3 Å². The first-order valence-electron chi connectivity index (χ1n) is 10.4. The van der Waals surface area contributed by atoms with Crippen molar-refractivity contribution >= 4 is 29.3 Å². The van der Waals surface area contributed by atoms with E-state index in [1.165, 1.54) is 33.5 Å². The topological polar surface area (TPSA) is 86.2 Å². The van der Waals surface area contributed by atoms with E-state index >= 15 is 0 Å². The van der Waals surface area contributed by atoms with Crippen molar-refractivity contribution in [3.8, 4) is 11.5 Å². The molecule has 1 aromatic carbocycles. The van der Waals surface area contributed by atoms with Gasteiger partial charge in [-0.3, -0.25) is 4.79 Å². The Bertz CT molecular complexity index is 820. The van der Waals surface area contributed by atoms with Crippen LogP contribution < -0.4 is 14.8 Å². The number of rotatable bonds is 7. The highest BCUT2D eigenvalue weighted by molar-refractivity contribution is 6.32. The highest BCUT2D eigenvalue weighted by atomic mass is 35.5. The van der Waals surface area contributed by atoms with E-state index in [1.807, 2.05) is 6.92 Å². The van der Waals surface area contributed by atoms with Gasteiger partial charge in [0, 0.05) is 5.71 Å². The van der Waals surface area contributed by atoms with E-state index in [0.717, 1.165) is 12.8 Å². The van der Waals surface area contributed by atoms with Gasteiger partial charge in [0.05, 0.1) is 31.9 Å². The molecule has 2 amide bonds. The summed E-state index contributed by atoms with van der Waals surface area (Å²) >= 11 is 6.37. The Morgan fingerprint density at radius 1 is 1.20 bits per heavy atom. The quantitative estimate of drug-likeness (QED) is 0.625. The summed E-state index contributed by atoms with van der Waals surface area (Å²) in [6.45, 7) is 2.27. The molecule has 2 unspecified atom stereocenters. The van der Waals surface area contributed by atoms with Crippen molar-refractivity contribution in [2.45, 2.75) is 51.5 Å². The molecule has 30 heavy (non-hydrogen) atoms. The molecule has 0 spiro atoms. The predicted octanol–water partition coefficient (Wildman–Crippen LogP) is 4.71. The number of hydrogen-bond acceptors (Lipinski definition) is 5. The second-order valence-corrected chi connectivity index (χ2v) is 8.14. The lowest BCUT2D eigenvalue weighted by Crippen LogP contribution is -2.45. The lowest BCUT2D eigenvalue weighted by molar-refractivity contribution is -0.148. The van der Waals surface area contributed by atoms with E-state index in [9.17, 15) is 9.59 Å². The Kier molecular flexibility index (Phi) is 7.58. The molecule has 164 valence electrons. The van der Waals surface area contributed by atoms with Crippen molar-refractivity contribution in [2.75, 3.05) is 20.8 Å². The number of carbonyl (C=O) groups excluding carboxylic acids is 2. The van der Waals surface area contributed by atoms with Gasteiger partial charge in [0.15, 0.2) is 11.5 Å². The Balaban J connectivity index is 1.89. The van der Waals surface area contributed by atoms with E-state index in [-0.39, 0.29) is 5.97 Å². The molecule has 1 aliphatic carbocycles. The molecule has 1 fully saturated rings. The van der Waals surface area contributed by atoms with Crippen LogP contribution in [0.15, 0.2) is 17.1 Å². The number of ether oxygens (including phenoxy) is 3. The molecule has 1 N–H and O–H groups in total. The van der Waals surface area contributed by atoms with Gasteiger partial charge in [-0.05, 0) is 42.9 Å². The van der Waals surface area contributed by atoms with E-state index in [0.29, 0.717) is 46.7 Å². The van der Waals surface area contributed by atoms with Gasteiger partial charge in [0.2, 0.25) is 0 Å². The summed E-state index contributed by atoms with van der Waals surface area (Å²) in [5, 5.41) is 3.13. The van der Waals surface area contributed by atoms with Gasteiger partial charge in [-0.2, -0.15) is 0 Å². The Labute approximate surface area is 182 Å². The van der Waals surface area contributed by atoms with Crippen LogP contribution in [0.5, 0.6) is 11.5 Å². The second-order valence-electron chi connectivity index (χ2n) is 7.73. The first-order chi connectivity index (χ1) is 14.5. The number of esters is 1. The van der Waals surface area contributed by atoms with Crippen LogP contribution in [0.2, 0.25) is 5.02 Å². The van der Waals surface area contributed by atoms with Crippen LogP contribution in [0.25, 0.3) is 0 Å². The minimum atomic E-state index is -0.717. The zero-order chi connectivity index (χ0) is 21.7. The molecule has 2 atom stereocenters. The highest BCUT2D eigenvalue weighted by Gasteiger charge is 2.40. The van der Waals surface area contributed by atoms with Gasteiger partial charge in [0.1, 0.15) is 5.92 Å². The molecule has 1 aliphatic heterocycles. The smallest absolute Gasteiger partial charge is 0.341 e. The first-order valence-corrected chi connectivity index (χ1v) is 10.8. The van der Waals surface area contributed by atoms with E-state index < -0.39 is 18.0 Å². The Hall–Kier alpha value is -2.28. The van der Waals surface area contributed by atoms with Crippen LogP contribution in [-0.4, -0.2) is 38.5 Å². The summed E-state index contributed by atoms with van der Waals surface area (Å²) in [5.74, 6) is 0.120. The van der Waals surface area contributed by atoms with Crippen LogP contribution in [0.4, 0.5) is 4.79 Å². The zero-order valence-corrected chi connectivity index (χ0v) is 18.5. The minimum Gasteiger partial charge on any atom is -0.493 e. The summed E-state index contributed by atoms with van der Waals surface area (Å²) in [6.07, 6.45) is 6.23. The van der Waals surface area contributed by atoms with Crippen molar-refractivity contribution < 1.29 is 23.8 Å². The molecule has 3 rings (SSSR count). The lowest BCUT2D eigenvalue weighted by atomic mass is 9.86. The normalized spacial score (nSPS) is 22.1. The summed E-state index contributed by atoms with van der Waals surface area (Å²) in [5.41, 5.74) is 1.13. The fraction of sp³-hybridized carbons (Fsp3) is 0.591. The maximum Gasteiger partial charge on any atom is 0.341 e. The van der Waals surface area contributed by atoms with Crippen LogP contribution in [0.1, 0.15) is 57.1 Å². The minimum absolute atomic E-state index is 0.330. The molecular formula is C22H29ClN2O5. The van der Waals surface area contributed by atoms with Crippen molar-refractivity contribution in [1.29, 1.82) is 0 Å². The van der Waals surface area contributed by atoms with E-state index in [4.69, 9.17) is 25.8 Å². The summed E-state index contributed by atoms with van der Waals surface area (Å²) < 4.78 is 16.4. The third-order valence-corrected chi connectivity index (χ3v) is 6.11. The van der Waals surface area contributed by atoms with Crippen LogP contribution in [0, 0.1) is 11.8 Å². The third kappa shape index (κ3) is 4.89. The average molecular weight is 437 g/mol. The van der Waals surface area contributed by atoms with Gasteiger partial charge >= 0.3 is 12.0 Å². The van der Waals surface area contributed by atoms with Gasteiger partial charge < -0.3 is 19.5 Å². The molecule has 0 aromatic heterocycles. The summed E-state index contributed by atoms with van der Waals surface area (Å²) in [4.78, 5) is 29.4. The lowest BCUT2D eigenvalue weighted by Gasteiger charge is -2.32. The van der Waals surface area contributed by atoms with Crippen molar-refractivity contribution in [1.82, 2.24) is 5.32 Å². The van der Waals surface area contributed by atoms with Gasteiger partial charge in [-0.1, -0.05) is 37.8 Å². The molecule has 1 aromatic rings. The van der Waals surface area contributed by atoms with E-state index in [1.54, 1.807) is 12.1 Å². The number of aliphatic imine (C=N–C) groups is 1. The molecule has 0 bridgehead atoms. The number of halogens is 1. The number of nitrogens with one attached hydrogen (secondary N) is 1. The fourth-order valence-corrected chi connectivity index (χ4v) is 4.55. The van der Waals surface area contributed by atoms with Gasteiger partial charge in [0.25, 0.3) is 0 Å². The number of nitrogens with zero attached hydrogens (tertiary/aromatic N) is 1. The van der Waals surface area contributed by atoms with Crippen LogP contribution >= 0.6 is 11.6 Å². The van der Waals surface area contributed by atoms with Gasteiger partial charge in [-0.15, -0.1) is 0 Å². The molecule has 0 saturated heterocycles. The maximum atomic E-state index is 13.1. The van der Waals surface area contributed by atoms with Crippen molar-refractivity contribution in [2.24, 2.45) is 16.8 Å². The molecule has 8 heteroatoms. The summed E-state index contributed by atoms with van der Waals surface area (Å²) in [6, 6.07) is 2.25. The number of benzene rings is 1. The fourth-order valence-electron chi connectivity index (χ4n) is 4.25. The standard InChI is InChI=1S/C22H29ClN2O5/c1-4-16-18(21(26)30-12-13-8-6-5-7-9-13)19(25-22(27)24-16)14-10-15(23)20(29-3)17(11-14)28-2/h10-11,13,18-19H,4-9,12H2,1-3H3,(H,25,27). The van der Waals surface area contributed by atoms with Crippen molar-refractivity contribution in [3.05, 3.63) is 22.7 Å². The molecule has 1 heterocycles. The monoisotopic (exact) mass is 436 g/mol. The SMILES string of the molecule is CCC1=NC(=O)NC(c2cc(Cl)c(OC)c(OC)c2)C1C(=O)OCC1CCCCC1. The Morgan fingerprint density at radius 3 is 2.57 bits per heavy atom. The maximum absolute atomic E-state index is 13.1. The first kappa shape index (κ1) is 22.4.